The largest absolute Gasteiger partial charge is 0.481 e. The van der Waals surface area contributed by atoms with Gasteiger partial charge in [0.2, 0.25) is 0 Å². The van der Waals surface area contributed by atoms with E-state index >= 15 is 0 Å². The number of carbonyl (C=O) groups is 2. The van der Waals surface area contributed by atoms with Gasteiger partial charge in [0.25, 0.3) is 5.91 Å². The molecule has 2 aromatic carbocycles. The van der Waals surface area contributed by atoms with E-state index in [0.29, 0.717) is 24.5 Å². The number of ether oxygens (including phenoxy) is 1. The lowest BCUT2D eigenvalue weighted by atomic mass is 10.2. The molecule has 2 aromatic rings. The predicted octanol–water partition coefficient (Wildman–Crippen LogP) is 2.93. The molecule has 3 rings (SSSR count). The van der Waals surface area contributed by atoms with Crippen molar-refractivity contribution in [3.8, 4) is 5.75 Å². The Bertz CT molecular complexity index is 756. The summed E-state index contributed by atoms with van der Waals surface area (Å²) in [5.41, 5.74) is 2.60. The summed E-state index contributed by atoms with van der Waals surface area (Å²) in [6, 6.07) is 14.6. The van der Waals surface area contributed by atoms with Crippen molar-refractivity contribution in [2.45, 2.75) is 20.0 Å². The van der Waals surface area contributed by atoms with Gasteiger partial charge in [0.1, 0.15) is 5.75 Å². The maximum atomic E-state index is 12.3. The third kappa shape index (κ3) is 4.09. The SMILES string of the molecule is Cc1ccc(OC(C)C(=O)Nc2ccc(N3CCNC3=O)cc2)cc1. The summed E-state index contributed by atoms with van der Waals surface area (Å²) < 4.78 is 5.65. The Morgan fingerprint density at radius 1 is 1.16 bits per heavy atom. The van der Waals surface area contributed by atoms with Crippen LogP contribution in [0.2, 0.25) is 0 Å². The van der Waals surface area contributed by atoms with Crippen LogP contribution in [-0.2, 0) is 4.79 Å². The monoisotopic (exact) mass is 339 g/mol. The highest BCUT2D eigenvalue weighted by molar-refractivity contribution is 5.96. The molecule has 1 fully saturated rings. The minimum absolute atomic E-state index is 0.100. The van der Waals surface area contributed by atoms with Gasteiger partial charge in [0.05, 0.1) is 0 Å². The quantitative estimate of drug-likeness (QED) is 0.880. The van der Waals surface area contributed by atoms with E-state index in [-0.39, 0.29) is 11.9 Å². The normalized spacial score (nSPS) is 14.8. The molecule has 0 aliphatic carbocycles. The maximum Gasteiger partial charge on any atom is 0.321 e. The summed E-state index contributed by atoms with van der Waals surface area (Å²) in [5, 5.41) is 5.58. The second-order valence-corrected chi connectivity index (χ2v) is 5.99. The van der Waals surface area contributed by atoms with Crippen LogP contribution >= 0.6 is 0 Å². The van der Waals surface area contributed by atoms with Crippen LogP contribution in [0.3, 0.4) is 0 Å². The fourth-order valence-corrected chi connectivity index (χ4v) is 2.56. The topological polar surface area (TPSA) is 70.7 Å². The Hall–Kier alpha value is -3.02. The number of nitrogens with zero attached hydrogens (tertiary/aromatic N) is 1. The molecule has 1 aliphatic heterocycles. The van der Waals surface area contributed by atoms with Gasteiger partial charge in [-0.3, -0.25) is 9.69 Å². The van der Waals surface area contributed by atoms with E-state index in [9.17, 15) is 9.59 Å². The first-order chi connectivity index (χ1) is 12.0. The summed E-state index contributed by atoms with van der Waals surface area (Å²) in [6.07, 6.45) is -0.619. The van der Waals surface area contributed by atoms with E-state index < -0.39 is 6.10 Å². The van der Waals surface area contributed by atoms with Gasteiger partial charge in [-0.15, -0.1) is 0 Å². The average molecular weight is 339 g/mol. The zero-order valence-electron chi connectivity index (χ0n) is 14.3. The van der Waals surface area contributed by atoms with Gasteiger partial charge in [0, 0.05) is 24.5 Å². The third-order valence-electron chi connectivity index (χ3n) is 4.01. The molecular weight excluding hydrogens is 318 g/mol. The van der Waals surface area contributed by atoms with E-state index in [0.717, 1.165) is 11.3 Å². The van der Waals surface area contributed by atoms with Crippen LogP contribution in [0.5, 0.6) is 5.75 Å². The number of nitrogens with one attached hydrogen (secondary N) is 2. The summed E-state index contributed by atoms with van der Waals surface area (Å²) in [6.45, 7) is 4.99. The van der Waals surface area contributed by atoms with Gasteiger partial charge >= 0.3 is 6.03 Å². The smallest absolute Gasteiger partial charge is 0.321 e. The number of anilines is 2. The summed E-state index contributed by atoms with van der Waals surface area (Å²) in [5.74, 6) is 0.427. The molecule has 1 atom stereocenters. The lowest BCUT2D eigenvalue weighted by Crippen LogP contribution is -2.30. The fraction of sp³-hybridized carbons (Fsp3) is 0.263. The lowest BCUT2D eigenvalue weighted by Gasteiger charge is -2.16. The molecule has 25 heavy (non-hydrogen) atoms. The van der Waals surface area contributed by atoms with Crippen LogP contribution in [0.25, 0.3) is 0 Å². The minimum atomic E-state index is -0.619. The molecule has 1 unspecified atom stereocenters. The minimum Gasteiger partial charge on any atom is -0.481 e. The standard InChI is InChI=1S/C19H21N3O3/c1-13-3-9-17(10-4-13)25-14(2)18(23)21-15-5-7-16(8-6-15)22-12-11-20-19(22)24/h3-10,14H,11-12H2,1-2H3,(H,20,24)(H,21,23). The predicted molar refractivity (Wildman–Crippen MR) is 97.1 cm³/mol. The molecule has 0 saturated carbocycles. The van der Waals surface area contributed by atoms with E-state index in [2.05, 4.69) is 10.6 Å². The molecule has 3 amide bonds. The van der Waals surface area contributed by atoms with Crippen LogP contribution in [0.4, 0.5) is 16.2 Å². The number of urea groups is 1. The van der Waals surface area contributed by atoms with Crippen molar-refractivity contribution < 1.29 is 14.3 Å². The molecule has 0 radical (unpaired) electrons. The van der Waals surface area contributed by atoms with Crippen molar-refractivity contribution in [1.82, 2.24) is 5.32 Å². The number of amides is 3. The van der Waals surface area contributed by atoms with Gasteiger partial charge in [0.15, 0.2) is 6.10 Å². The Labute approximate surface area is 146 Å². The highest BCUT2D eigenvalue weighted by Crippen LogP contribution is 2.20. The van der Waals surface area contributed by atoms with Crippen molar-refractivity contribution in [2.75, 3.05) is 23.3 Å². The number of rotatable bonds is 5. The second-order valence-electron chi connectivity index (χ2n) is 5.99. The first kappa shape index (κ1) is 16.8. The number of benzene rings is 2. The van der Waals surface area contributed by atoms with Crippen LogP contribution < -0.4 is 20.3 Å². The molecular formula is C19H21N3O3. The Morgan fingerprint density at radius 3 is 2.44 bits per heavy atom. The molecule has 1 heterocycles. The van der Waals surface area contributed by atoms with Gasteiger partial charge in [-0.2, -0.15) is 0 Å². The highest BCUT2D eigenvalue weighted by atomic mass is 16.5. The summed E-state index contributed by atoms with van der Waals surface area (Å²) >= 11 is 0. The van der Waals surface area contributed by atoms with E-state index in [4.69, 9.17) is 4.74 Å². The molecule has 1 saturated heterocycles. The van der Waals surface area contributed by atoms with Crippen molar-refractivity contribution >= 4 is 23.3 Å². The number of hydrogen-bond donors (Lipinski definition) is 2. The van der Waals surface area contributed by atoms with Gasteiger partial charge in [-0.05, 0) is 50.2 Å². The average Bonchev–Trinajstić information content (AvgIpc) is 3.03. The molecule has 2 N–H and O–H groups in total. The number of aryl methyl sites for hydroxylation is 1. The molecule has 6 heteroatoms. The molecule has 130 valence electrons. The fourth-order valence-electron chi connectivity index (χ4n) is 2.56. The number of carbonyl (C=O) groups excluding carboxylic acids is 2. The van der Waals surface area contributed by atoms with Crippen LogP contribution in [0, 0.1) is 6.92 Å². The van der Waals surface area contributed by atoms with Gasteiger partial charge in [-0.1, -0.05) is 17.7 Å². The van der Waals surface area contributed by atoms with Gasteiger partial charge < -0.3 is 15.4 Å². The third-order valence-corrected chi connectivity index (χ3v) is 4.01. The maximum absolute atomic E-state index is 12.3. The van der Waals surface area contributed by atoms with Crippen molar-refractivity contribution in [1.29, 1.82) is 0 Å². The first-order valence-corrected chi connectivity index (χ1v) is 8.22. The molecule has 1 aliphatic rings. The zero-order chi connectivity index (χ0) is 17.8. The van der Waals surface area contributed by atoms with E-state index in [1.165, 1.54) is 0 Å². The summed E-state index contributed by atoms with van der Waals surface area (Å²) in [4.78, 5) is 25.6. The van der Waals surface area contributed by atoms with Crippen LogP contribution in [0.1, 0.15) is 12.5 Å². The van der Waals surface area contributed by atoms with Crippen LogP contribution in [-0.4, -0.2) is 31.1 Å². The molecule has 0 aromatic heterocycles. The Balaban J connectivity index is 1.58. The second kappa shape index (κ2) is 7.25. The van der Waals surface area contributed by atoms with E-state index in [1.54, 1.807) is 24.0 Å². The number of hydrogen-bond acceptors (Lipinski definition) is 3. The molecule has 6 nitrogen and oxygen atoms in total. The van der Waals surface area contributed by atoms with Crippen molar-refractivity contribution in [3.05, 3.63) is 54.1 Å². The molecule has 0 bridgehead atoms. The van der Waals surface area contributed by atoms with E-state index in [1.807, 2.05) is 43.3 Å². The Kier molecular flexibility index (Phi) is 4.88. The van der Waals surface area contributed by atoms with Crippen molar-refractivity contribution in [3.63, 3.8) is 0 Å². The zero-order valence-corrected chi connectivity index (χ0v) is 14.3. The molecule has 0 spiro atoms. The van der Waals surface area contributed by atoms with Gasteiger partial charge in [-0.25, -0.2) is 4.79 Å². The highest BCUT2D eigenvalue weighted by Gasteiger charge is 2.21. The first-order valence-electron chi connectivity index (χ1n) is 8.22. The summed E-state index contributed by atoms with van der Waals surface area (Å²) in [7, 11) is 0. The Morgan fingerprint density at radius 2 is 1.84 bits per heavy atom. The van der Waals surface area contributed by atoms with Crippen LogP contribution in [0.15, 0.2) is 48.5 Å². The van der Waals surface area contributed by atoms with Crippen molar-refractivity contribution in [2.24, 2.45) is 0 Å². The lowest BCUT2D eigenvalue weighted by molar-refractivity contribution is -0.122.